The van der Waals surface area contributed by atoms with Crippen molar-refractivity contribution in [2.24, 2.45) is 16.7 Å². The van der Waals surface area contributed by atoms with E-state index in [1.165, 1.54) is 160 Å². The molecule has 0 spiro atoms. The number of hydrogen-bond acceptors (Lipinski definition) is 4. The largest absolute Gasteiger partial charge is 0.315 e. The van der Waals surface area contributed by atoms with E-state index in [9.17, 15) is 0 Å². The van der Waals surface area contributed by atoms with Gasteiger partial charge in [-0.1, -0.05) is 189 Å². The van der Waals surface area contributed by atoms with Crippen LogP contribution in [0.4, 0.5) is 28.4 Å². The van der Waals surface area contributed by atoms with Crippen molar-refractivity contribution in [3.05, 3.63) is 206 Å². The maximum absolute atomic E-state index is 2.88. The minimum absolute atomic E-state index is 0.0263. The molecule has 7 aliphatic rings. The number of rotatable bonds is 5. The fourth-order valence-corrected chi connectivity index (χ4v) is 21.1. The Bertz CT molecular complexity index is 4520. The Morgan fingerprint density at radius 1 is 0.443 bits per heavy atom. The van der Waals surface area contributed by atoms with Gasteiger partial charge in [-0.05, 0) is 245 Å². The van der Waals surface area contributed by atoms with Gasteiger partial charge in [-0.2, -0.15) is 0 Å². The van der Waals surface area contributed by atoms with Crippen LogP contribution >= 0.6 is 22.7 Å². The zero-order chi connectivity index (χ0) is 61.4. The van der Waals surface area contributed by atoms with Crippen molar-refractivity contribution < 1.29 is 0 Å². The highest BCUT2D eigenvalue weighted by molar-refractivity contribution is 7.32. The van der Waals surface area contributed by atoms with Gasteiger partial charge >= 0.3 is 0 Å². The Balaban J connectivity index is 1.07. The minimum Gasteiger partial charge on any atom is -0.315 e. The molecular formula is C83H91BN2S2. The lowest BCUT2D eigenvalue weighted by molar-refractivity contribution is 0.121. The van der Waals surface area contributed by atoms with Crippen LogP contribution in [0.2, 0.25) is 0 Å². The average molecular weight is 1190 g/mol. The van der Waals surface area contributed by atoms with Crippen LogP contribution in [0.25, 0.3) is 30.3 Å². The van der Waals surface area contributed by atoms with Crippen LogP contribution in [0.3, 0.4) is 0 Å². The predicted molar refractivity (Wildman–Crippen MR) is 383 cm³/mol. The third kappa shape index (κ3) is 8.35. The summed E-state index contributed by atoms with van der Waals surface area (Å²) in [5.41, 5.74) is 26.8. The molecule has 0 N–H and O–H groups in total. The molecule has 448 valence electrons. The number of hydrogen-bond donors (Lipinski definition) is 0. The van der Waals surface area contributed by atoms with Crippen molar-refractivity contribution >= 4 is 98.3 Å². The fraction of sp³-hybridized carbons (Fsp3) is 0.422. The predicted octanol–water partition coefficient (Wildman–Crippen LogP) is 22.6. The van der Waals surface area contributed by atoms with Gasteiger partial charge in [0.25, 0.3) is 6.71 Å². The summed E-state index contributed by atoms with van der Waals surface area (Å²) in [7, 11) is 0. The van der Waals surface area contributed by atoms with E-state index in [0.29, 0.717) is 5.92 Å². The highest BCUT2D eigenvalue weighted by Crippen LogP contribution is 2.61. The summed E-state index contributed by atoms with van der Waals surface area (Å²) in [5, 5.41) is 4.14. The van der Waals surface area contributed by atoms with Gasteiger partial charge in [0.2, 0.25) is 0 Å². The molecule has 9 aromatic rings. The van der Waals surface area contributed by atoms with Crippen molar-refractivity contribution in [3.63, 3.8) is 0 Å². The Labute approximate surface area is 534 Å². The molecule has 1 saturated carbocycles. The van der Waals surface area contributed by atoms with Crippen molar-refractivity contribution in [1.29, 1.82) is 0 Å². The van der Waals surface area contributed by atoms with Crippen LogP contribution in [0.5, 0.6) is 0 Å². The van der Waals surface area contributed by atoms with E-state index in [4.69, 9.17) is 0 Å². The second-order valence-corrected chi connectivity index (χ2v) is 36.0. The van der Waals surface area contributed by atoms with E-state index in [-0.39, 0.29) is 56.0 Å². The molecule has 1 fully saturated rings. The lowest BCUT2D eigenvalue weighted by Gasteiger charge is -2.53. The maximum atomic E-state index is 2.88. The molecule has 2 unspecified atom stereocenters. The standard InChI is InChI=1S/C83H91BN2S2/c1-76(2)32-34-78(5,6)60-40-49(26-30-58(60)76)72-57-41-53(85(50-22-18-17-19-23-50)52-27-29-55-54-24-20-21-25-69(54)87-70(55)44-52)43-68-74(57)84(75-73(72)56-45-62-65(48-71(56)88-75)83(15,16)39-36-80(62,9)10)66-46-63-64(82(13,14)38-37-81(63,11)12)47-67(66)86(68)51-28-31-59-61(42-51)79(7,8)35-33-77(59,3)4/h17-31,40-46,48,64,72H,32-39,47H2,1-16H3. The summed E-state index contributed by atoms with van der Waals surface area (Å²) >= 11 is 4.07. The number of allylic oxidation sites excluding steroid dienone is 4. The van der Waals surface area contributed by atoms with Crippen molar-refractivity contribution in [2.75, 3.05) is 9.80 Å². The molecule has 7 aromatic carbocycles. The molecule has 2 atom stereocenters. The van der Waals surface area contributed by atoms with Gasteiger partial charge < -0.3 is 9.80 Å². The molecule has 2 nitrogen and oxygen atoms in total. The molecule has 2 aliphatic heterocycles. The van der Waals surface area contributed by atoms with Crippen molar-refractivity contribution in [3.8, 4) is 0 Å². The first-order chi connectivity index (χ1) is 41.5. The lowest BCUT2D eigenvalue weighted by Crippen LogP contribution is -2.57. The van der Waals surface area contributed by atoms with E-state index < -0.39 is 0 Å². The summed E-state index contributed by atoms with van der Waals surface area (Å²) < 4.78 is 5.68. The monoisotopic (exact) mass is 1190 g/mol. The summed E-state index contributed by atoms with van der Waals surface area (Å²) in [6.45, 7) is 40.6. The van der Waals surface area contributed by atoms with E-state index >= 15 is 0 Å². The van der Waals surface area contributed by atoms with Crippen LogP contribution in [-0.2, 0) is 32.5 Å². The van der Waals surface area contributed by atoms with Crippen LogP contribution in [0.1, 0.15) is 225 Å². The summed E-state index contributed by atoms with van der Waals surface area (Å²) in [6, 6.07) is 54.3. The van der Waals surface area contributed by atoms with Gasteiger partial charge in [-0.3, -0.25) is 0 Å². The van der Waals surface area contributed by atoms with Gasteiger partial charge in [-0.25, -0.2) is 0 Å². The maximum Gasteiger partial charge on any atom is 0.259 e. The van der Waals surface area contributed by atoms with Crippen LogP contribution in [0.15, 0.2) is 156 Å². The second kappa shape index (κ2) is 18.7. The van der Waals surface area contributed by atoms with Gasteiger partial charge in [0.05, 0.1) is 0 Å². The highest BCUT2D eigenvalue weighted by atomic mass is 32.1. The van der Waals surface area contributed by atoms with Gasteiger partial charge in [0.15, 0.2) is 0 Å². The molecule has 2 aromatic heterocycles. The van der Waals surface area contributed by atoms with Crippen LogP contribution < -0.4 is 20.0 Å². The molecule has 0 bridgehead atoms. The molecular weight excluding hydrogens is 1100 g/mol. The molecule has 4 heterocycles. The van der Waals surface area contributed by atoms with E-state index in [1.807, 2.05) is 11.3 Å². The van der Waals surface area contributed by atoms with Gasteiger partial charge in [0.1, 0.15) is 0 Å². The molecule has 0 saturated heterocycles. The number of benzene rings is 7. The number of fused-ring (bicyclic) bond motifs is 12. The third-order valence-electron chi connectivity index (χ3n) is 24.6. The Morgan fingerprint density at radius 3 is 1.69 bits per heavy atom. The summed E-state index contributed by atoms with van der Waals surface area (Å²) in [4.78, 5) is 5.51. The molecule has 0 amide bonds. The van der Waals surface area contributed by atoms with E-state index in [0.717, 1.165) is 6.42 Å². The SMILES string of the molecule is CC1(C)CCC(C)(C)C2CC3=C(C=C21)B1c2sc4cc5c(cc4c2C(c2ccc4c(c2)C(C)(C)CCC4(C)C)c2cc(N(c4ccccc4)c4ccc6c(c4)sc4ccccc46)cc(c21)N3c1ccc2c(c1)C(C)(C)CCC2(C)C)C(C)(C)CCC5(C)C. The second-order valence-electron chi connectivity index (χ2n) is 33.9. The first-order valence-corrected chi connectivity index (χ1v) is 35.3. The Morgan fingerprint density at radius 2 is 1.01 bits per heavy atom. The fourth-order valence-electron chi connectivity index (χ4n) is 18.5. The van der Waals surface area contributed by atoms with Gasteiger partial charge in [0, 0.05) is 64.9 Å². The number of thiophene rings is 2. The van der Waals surface area contributed by atoms with Crippen LogP contribution in [0, 0.1) is 16.7 Å². The smallest absolute Gasteiger partial charge is 0.259 e. The van der Waals surface area contributed by atoms with E-state index in [1.54, 1.807) is 27.0 Å². The number of para-hydroxylation sites is 1. The molecule has 0 radical (unpaired) electrons. The highest BCUT2D eigenvalue weighted by Gasteiger charge is 2.54. The minimum atomic E-state index is -0.0263. The lowest BCUT2D eigenvalue weighted by atomic mass is 9.32. The number of anilines is 5. The summed E-state index contributed by atoms with van der Waals surface area (Å²) in [6.07, 6.45) is 13.4. The first kappa shape index (κ1) is 57.1. The Hall–Kier alpha value is -6.14. The molecule has 5 heteroatoms. The zero-order valence-corrected chi connectivity index (χ0v) is 57.2. The third-order valence-corrected chi connectivity index (χ3v) is 27.0. The quantitative estimate of drug-likeness (QED) is 0.159. The first-order valence-electron chi connectivity index (χ1n) is 33.6. The topological polar surface area (TPSA) is 6.48 Å². The summed E-state index contributed by atoms with van der Waals surface area (Å²) in [5.74, 6) is 0.391. The normalized spacial score (nSPS) is 23.3. The Kier molecular flexibility index (Phi) is 12.2. The zero-order valence-electron chi connectivity index (χ0n) is 55.6. The molecule has 5 aliphatic carbocycles. The van der Waals surface area contributed by atoms with E-state index in [2.05, 4.69) is 271 Å². The number of nitrogens with zero attached hydrogens (tertiary/aromatic N) is 2. The van der Waals surface area contributed by atoms with Crippen molar-refractivity contribution in [1.82, 2.24) is 0 Å². The van der Waals surface area contributed by atoms with Crippen molar-refractivity contribution in [2.45, 2.75) is 207 Å². The molecule has 16 rings (SSSR count). The van der Waals surface area contributed by atoms with Crippen LogP contribution in [-0.4, -0.2) is 6.71 Å². The molecule has 88 heavy (non-hydrogen) atoms. The average Bonchev–Trinajstić information content (AvgIpc) is 1.22. The van der Waals surface area contributed by atoms with Gasteiger partial charge in [-0.15, -0.1) is 22.7 Å².